The minimum atomic E-state index is -0.798. The van der Waals surface area contributed by atoms with E-state index < -0.39 is 5.97 Å². The predicted octanol–water partition coefficient (Wildman–Crippen LogP) is 4.05. The van der Waals surface area contributed by atoms with E-state index >= 15 is 0 Å². The van der Waals surface area contributed by atoms with Crippen LogP contribution in [0.2, 0.25) is 0 Å². The highest BCUT2D eigenvalue weighted by atomic mass is 32.2. The van der Waals surface area contributed by atoms with Crippen LogP contribution >= 0.6 is 24.0 Å². The summed E-state index contributed by atoms with van der Waals surface area (Å²) in [6, 6.07) is 13.6. The van der Waals surface area contributed by atoms with Gasteiger partial charge in [0.15, 0.2) is 0 Å². The summed E-state index contributed by atoms with van der Waals surface area (Å²) < 4.78 is 0.526. The lowest BCUT2D eigenvalue weighted by atomic mass is 10.1. The van der Waals surface area contributed by atoms with Gasteiger partial charge in [0.2, 0.25) is 0 Å². The van der Waals surface area contributed by atoms with E-state index in [1.54, 1.807) is 11.0 Å². The molecule has 2 heterocycles. The van der Waals surface area contributed by atoms with Gasteiger partial charge in [-0.1, -0.05) is 60.7 Å². The highest BCUT2D eigenvalue weighted by Gasteiger charge is 2.31. The first-order chi connectivity index (χ1) is 14.5. The number of aromatic nitrogens is 1. The van der Waals surface area contributed by atoms with Crippen LogP contribution in [0, 0.1) is 0 Å². The third-order valence-corrected chi connectivity index (χ3v) is 6.06. The smallest absolute Gasteiger partial charge is 0.303 e. The minimum Gasteiger partial charge on any atom is -0.481 e. The molecule has 0 atom stereocenters. The number of rotatable bonds is 9. The second-order valence-corrected chi connectivity index (χ2v) is 8.56. The molecule has 1 fully saturated rings. The van der Waals surface area contributed by atoms with Crippen LogP contribution < -0.4 is 5.73 Å². The van der Waals surface area contributed by atoms with Crippen LogP contribution in [0.4, 0.5) is 0 Å². The third-order valence-electron chi connectivity index (χ3n) is 4.68. The van der Waals surface area contributed by atoms with Crippen LogP contribution in [0.15, 0.2) is 47.4 Å². The first kappa shape index (κ1) is 22.1. The number of carbonyl (C=O) groups excluding carboxylic acids is 1. The summed E-state index contributed by atoms with van der Waals surface area (Å²) in [5.41, 5.74) is 9.20. The summed E-state index contributed by atoms with van der Waals surface area (Å²) in [5.74, 6) is -0.920. The molecule has 1 aromatic heterocycles. The molecule has 1 aliphatic heterocycles. The summed E-state index contributed by atoms with van der Waals surface area (Å²) in [7, 11) is 0. The lowest BCUT2D eigenvalue weighted by molar-refractivity contribution is -0.137. The quantitative estimate of drug-likeness (QED) is 0.344. The Morgan fingerprint density at radius 1 is 1.17 bits per heavy atom. The molecule has 156 valence electrons. The molecule has 0 saturated carbocycles. The van der Waals surface area contributed by atoms with Gasteiger partial charge in [-0.15, -0.1) is 0 Å². The average molecular weight is 442 g/mol. The molecule has 8 heteroatoms. The number of nitrogens with zero attached hydrogens (tertiary/aromatic N) is 2. The van der Waals surface area contributed by atoms with E-state index in [2.05, 4.69) is 4.98 Å². The zero-order valence-electron chi connectivity index (χ0n) is 16.4. The molecule has 0 bridgehead atoms. The summed E-state index contributed by atoms with van der Waals surface area (Å²) in [5, 5.41) is 8.69. The molecule has 1 aliphatic rings. The van der Waals surface area contributed by atoms with Crippen molar-refractivity contribution in [3.8, 4) is 11.3 Å². The van der Waals surface area contributed by atoms with Gasteiger partial charge in [-0.3, -0.25) is 14.5 Å². The lowest BCUT2D eigenvalue weighted by Gasteiger charge is -2.13. The second-order valence-electron chi connectivity index (χ2n) is 6.89. The maximum Gasteiger partial charge on any atom is 0.303 e. The van der Waals surface area contributed by atoms with Gasteiger partial charge >= 0.3 is 5.97 Å². The Balaban J connectivity index is 1.67. The molecule has 0 radical (unpaired) electrons. The van der Waals surface area contributed by atoms with Crippen molar-refractivity contribution in [3.63, 3.8) is 0 Å². The number of hydrogen-bond acceptors (Lipinski definition) is 6. The number of carboxylic acid groups (broad SMARTS) is 1. The third kappa shape index (κ3) is 5.75. The maximum atomic E-state index is 12.7. The fraction of sp³-hybridized carbons (Fsp3) is 0.273. The molecule has 30 heavy (non-hydrogen) atoms. The van der Waals surface area contributed by atoms with Crippen LogP contribution in [0.3, 0.4) is 0 Å². The van der Waals surface area contributed by atoms with Crippen molar-refractivity contribution in [2.45, 2.75) is 32.2 Å². The van der Waals surface area contributed by atoms with Gasteiger partial charge < -0.3 is 10.8 Å². The zero-order valence-corrected chi connectivity index (χ0v) is 18.0. The molecular weight excluding hydrogens is 418 g/mol. The van der Waals surface area contributed by atoms with Crippen LogP contribution in [-0.4, -0.2) is 37.7 Å². The van der Waals surface area contributed by atoms with E-state index in [-0.39, 0.29) is 12.3 Å². The molecule has 0 aliphatic carbocycles. The topological polar surface area (TPSA) is 96.5 Å². The van der Waals surface area contributed by atoms with Crippen LogP contribution in [0.1, 0.15) is 36.9 Å². The Hall–Kier alpha value is -2.55. The Morgan fingerprint density at radius 3 is 2.63 bits per heavy atom. The molecule has 3 rings (SSSR count). The summed E-state index contributed by atoms with van der Waals surface area (Å²) in [6.45, 7) is 0.998. The van der Waals surface area contributed by atoms with Crippen molar-refractivity contribution < 1.29 is 14.7 Å². The molecule has 2 aromatic rings. The molecule has 3 N–H and O–H groups in total. The van der Waals surface area contributed by atoms with Crippen molar-refractivity contribution >= 4 is 46.3 Å². The maximum absolute atomic E-state index is 12.7. The number of thioether (sulfide) groups is 1. The monoisotopic (exact) mass is 441 g/mol. The number of pyridine rings is 1. The molecule has 0 unspecified atom stereocenters. The molecule has 6 nitrogen and oxygen atoms in total. The van der Waals surface area contributed by atoms with Crippen molar-refractivity contribution in [3.05, 3.63) is 58.6 Å². The number of hydrogen-bond donors (Lipinski definition) is 2. The lowest BCUT2D eigenvalue weighted by Crippen LogP contribution is -2.29. The molecular formula is C22H23N3O3S2. The van der Waals surface area contributed by atoms with Crippen LogP contribution in [0.5, 0.6) is 0 Å². The number of carbonyl (C=O) groups is 2. The highest BCUT2D eigenvalue weighted by molar-refractivity contribution is 8.26. The fourth-order valence-corrected chi connectivity index (χ4v) is 4.35. The summed E-state index contributed by atoms with van der Waals surface area (Å²) in [4.78, 5) is 30.1. The molecule has 1 amide bonds. The number of unbranched alkanes of at least 4 members (excludes halogenated alkanes) is 2. The number of thiocarbonyl (C=S) groups is 1. The van der Waals surface area contributed by atoms with E-state index in [4.69, 9.17) is 23.1 Å². The van der Waals surface area contributed by atoms with Gasteiger partial charge in [0.05, 0.1) is 16.3 Å². The Kier molecular flexibility index (Phi) is 7.73. The second kappa shape index (κ2) is 10.5. The average Bonchev–Trinajstić information content (AvgIpc) is 3.00. The highest BCUT2D eigenvalue weighted by Crippen LogP contribution is 2.32. The number of carboxylic acids is 1. The number of benzene rings is 1. The minimum absolute atomic E-state index is 0.122. The van der Waals surface area contributed by atoms with Gasteiger partial charge in [-0.25, -0.2) is 4.98 Å². The Labute approximate surface area is 185 Å². The number of aliphatic carboxylic acids is 1. The van der Waals surface area contributed by atoms with E-state index in [9.17, 15) is 9.59 Å². The van der Waals surface area contributed by atoms with Gasteiger partial charge in [-0.2, -0.15) is 0 Å². The van der Waals surface area contributed by atoms with Crippen LogP contribution in [-0.2, 0) is 16.1 Å². The molecule has 1 aromatic carbocycles. The standard InChI is InChI=1S/C22H23N3O3S2/c23-14-15-8-10-16(11-9-15)18-6-4-5-17(24-18)13-19-21(28)25(22(29)30-19)12-3-1-2-7-20(26)27/h4-6,8-11,13H,1-3,7,12,14,23H2,(H,26,27)/b19-13-. The fourth-order valence-electron chi connectivity index (χ4n) is 3.05. The molecule has 1 saturated heterocycles. The van der Waals surface area contributed by atoms with Crippen molar-refractivity contribution in [2.24, 2.45) is 5.73 Å². The van der Waals surface area contributed by atoms with Gasteiger partial charge in [0.25, 0.3) is 5.91 Å². The molecule has 0 spiro atoms. The van der Waals surface area contributed by atoms with E-state index in [0.29, 0.717) is 34.4 Å². The first-order valence-electron chi connectivity index (χ1n) is 9.71. The first-order valence-corrected chi connectivity index (χ1v) is 10.9. The Bertz CT molecular complexity index is 974. The van der Waals surface area contributed by atoms with Crippen molar-refractivity contribution in [2.75, 3.05) is 6.54 Å². The van der Waals surface area contributed by atoms with Gasteiger partial charge in [0, 0.05) is 25.1 Å². The Morgan fingerprint density at radius 2 is 1.93 bits per heavy atom. The van der Waals surface area contributed by atoms with Gasteiger partial charge in [-0.05, 0) is 36.6 Å². The zero-order chi connectivity index (χ0) is 21.5. The SMILES string of the molecule is NCc1ccc(-c2cccc(/C=C3\SC(=S)N(CCCCCC(=O)O)C3=O)n2)cc1. The van der Waals surface area contributed by atoms with Crippen LogP contribution in [0.25, 0.3) is 17.3 Å². The summed E-state index contributed by atoms with van der Waals surface area (Å²) >= 11 is 6.63. The van der Waals surface area contributed by atoms with E-state index in [0.717, 1.165) is 29.7 Å². The van der Waals surface area contributed by atoms with Crippen molar-refractivity contribution in [1.29, 1.82) is 0 Å². The number of amides is 1. The van der Waals surface area contributed by atoms with E-state index in [1.807, 2.05) is 42.5 Å². The van der Waals surface area contributed by atoms with Crippen molar-refractivity contribution in [1.82, 2.24) is 9.88 Å². The van der Waals surface area contributed by atoms with E-state index in [1.165, 1.54) is 11.8 Å². The number of nitrogens with two attached hydrogens (primary N) is 1. The normalized spacial score (nSPS) is 15.2. The van der Waals surface area contributed by atoms with Gasteiger partial charge in [0.1, 0.15) is 4.32 Å². The largest absolute Gasteiger partial charge is 0.481 e. The summed E-state index contributed by atoms with van der Waals surface area (Å²) in [6.07, 6.45) is 3.98. The predicted molar refractivity (Wildman–Crippen MR) is 124 cm³/mol.